The van der Waals surface area contributed by atoms with Crippen LogP contribution in [0.3, 0.4) is 0 Å². The van der Waals surface area contributed by atoms with Crippen molar-refractivity contribution >= 4 is 0 Å². The quantitative estimate of drug-likeness (QED) is 0.550. The van der Waals surface area contributed by atoms with Crippen LogP contribution in [-0.2, 0) is 6.42 Å². The molecular formula is C14H24N2O2. The summed E-state index contributed by atoms with van der Waals surface area (Å²) in [6, 6.07) is 6.30. The molecule has 1 aromatic rings. The fourth-order valence-corrected chi connectivity index (χ4v) is 1.99. The van der Waals surface area contributed by atoms with Crippen LogP contribution in [0.4, 0.5) is 0 Å². The summed E-state index contributed by atoms with van der Waals surface area (Å²) in [6.07, 6.45) is 4.35. The zero-order chi connectivity index (χ0) is 13.4. The van der Waals surface area contributed by atoms with Crippen LogP contribution >= 0.6 is 0 Å². The first-order valence-electron chi connectivity index (χ1n) is 6.42. The van der Waals surface area contributed by atoms with Crippen LogP contribution in [0.1, 0.15) is 31.7 Å². The molecule has 1 rings (SSSR count). The monoisotopic (exact) mass is 252 g/mol. The van der Waals surface area contributed by atoms with Crippen LogP contribution in [0.5, 0.6) is 11.5 Å². The lowest BCUT2D eigenvalue weighted by Gasteiger charge is -2.16. The molecule has 4 heteroatoms. The van der Waals surface area contributed by atoms with Crippen molar-refractivity contribution in [3.63, 3.8) is 0 Å². The number of methoxy groups -OCH3 is 2. The van der Waals surface area contributed by atoms with Crippen molar-refractivity contribution in [2.75, 3.05) is 14.2 Å². The Hall–Kier alpha value is -1.26. The predicted molar refractivity (Wildman–Crippen MR) is 73.9 cm³/mol. The SMILES string of the molecule is CCCCC(Cc1ccc(OC)c(OC)c1)NN. The average molecular weight is 252 g/mol. The molecule has 0 radical (unpaired) electrons. The van der Waals surface area contributed by atoms with E-state index < -0.39 is 0 Å². The van der Waals surface area contributed by atoms with Gasteiger partial charge in [-0.25, -0.2) is 0 Å². The lowest BCUT2D eigenvalue weighted by molar-refractivity contribution is 0.354. The Bertz CT molecular complexity index is 356. The second-order valence-electron chi connectivity index (χ2n) is 4.40. The fourth-order valence-electron chi connectivity index (χ4n) is 1.99. The van der Waals surface area contributed by atoms with Crippen molar-refractivity contribution < 1.29 is 9.47 Å². The molecule has 0 saturated carbocycles. The van der Waals surface area contributed by atoms with E-state index in [-0.39, 0.29) is 0 Å². The van der Waals surface area contributed by atoms with Crippen LogP contribution < -0.4 is 20.7 Å². The van der Waals surface area contributed by atoms with E-state index in [1.54, 1.807) is 14.2 Å². The van der Waals surface area contributed by atoms with Gasteiger partial charge in [-0.3, -0.25) is 11.3 Å². The highest BCUT2D eigenvalue weighted by Gasteiger charge is 2.10. The third kappa shape index (κ3) is 4.20. The van der Waals surface area contributed by atoms with Crippen molar-refractivity contribution in [3.8, 4) is 11.5 Å². The largest absolute Gasteiger partial charge is 0.493 e. The standard InChI is InChI=1S/C14H24N2O2/c1-4-5-6-12(16-15)9-11-7-8-13(17-2)14(10-11)18-3/h7-8,10,12,16H,4-6,9,15H2,1-3H3. The fraction of sp³-hybridized carbons (Fsp3) is 0.571. The maximum Gasteiger partial charge on any atom is 0.160 e. The molecule has 0 heterocycles. The second kappa shape index (κ2) is 7.95. The molecule has 0 fully saturated rings. The summed E-state index contributed by atoms with van der Waals surface area (Å²) in [4.78, 5) is 0. The highest BCUT2D eigenvalue weighted by Crippen LogP contribution is 2.28. The number of hydrogen-bond acceptors (Lipinski definition) is 4. The summed E-state index contributed by atoms with van der Waals surface area (Å²) in [5.41, 5.74) is 4.08. The molecule has 1 unspecified atom stereocenters. The summed E-state index contributed by atoms with van der Waals surface area (Å²) < 4.78 is 10.5. The van der Waals surface area contributed by atoms with Crippen molar-refractivity contribution in [3.05, 3.63) is 23.8 Å². The molecule has 102 valence electrons. The molecule has 0 aromatic heterocycles. The van der Waals surface area contributed by atoms with E-state index in [2.05, 4.69) is 18.4 Å². The Balaban J connectivity index is 2.71. The van der Waals surface area contributed by atoms with Gasteiger partial charge in [0.2, 0.25) is 0 Å². The Kier molecular flexibility index (Phi) is 6.54. The summed E-state index contributed by atoms with van der Waals surface area (Å²) >= 11 is 0. The smallest absolute Gasteiger partial charge is 0.160 e. The van der Waals surface area contributed by atoms with E-state index in [1.807, 2.05) is 12.1 Å². The third-order valence-electron chi connectivity index (χ3n) is 3.07. The van der Waals surface area contributed by atoms with Crippen molar-refractivity contribution in [2.45, 2.75) is 38.6 Å². The molecule has 0 spiro atoms. The van der Waals surface area contributed by atoms with Crippen molar-refractivity contribution in [1.29, 1.82) is 0 Å². The Morgan fingerprint density at radius 3 is 2.50 bits per heavy atom. The van der Waals surface area contributed by atoms with Gasteiger partial charge in [0.1, 0.15) is 0 Å². The Morgan fingerprint density at radius 2 is 1.94 bits per heavy atom. The van der Waals surface area contributed by atoms with Crippen LogP contribution in [0.25, 0.3) is 0 Å². The molecule has 18 heavy (non-hydrogen) atoms. The minimum absolute atomic E-state index is 0.308. The molecule has 3 N–H and O–H groups in total. The topological polar surface area (TPSA) is 56.5 Å². The summed E-state index contributed by atoms with van der Waals surface area (Å²) in [7, 11) is 3.29. The predicted octanol–water partition coefficient (Wildman–Crippen LogP) is 2.27. The number of ether oxygens (including phenoxy) is 2. The molecule has 0 aliphatic carbocycles. The summed E-state index contributed by atoms with van der Waals surface area (Å²) in [6.45, 7) is 2.18. The van der Waals surface area contributed by atoms with Crippen molar-refractivity contribution in [2.24, 2.45) is 5.84 Å². The van der Waals surface area contributed by atoms with Gasteiger partial charge in [0.05, 0.1) is 14.2 Å². The van der Waals surface area contributed by atoms with Gasteiger partial charge in [0, 0.05) is 6.04 Å². The summed E-state index contributed by atoms with van der Waals surface area (Å²) in [5.74, 6) is 7.10. The van der Waals surface area contributed by atoms with E-state index in [0.717, 1.165) is 24.3 Å². The highest BCUT2D eigenvalue weighted by molar-refractivity contribution is 5.43. The van der Waals surface area contributed by atoms with Gasteiger partial charge in [-0.1, -0.05) is 25.8 Å². The first kappa shape index (κ1) is 14.8. The molecule has 0 bridgehead atoms. The Morgan fingerprint density at radius 1 is 1.22 bits per heavy atom. The average Bonchev–Trinajstić information content (AvgIpc) is 2.43. The second-order valence-corrected chi connectivity index (χ2v) is 4.40. The number of rotatable bonds is 8. The molecular weight excluding hydrogens is 228 g/mol. The van der Waals surface area contributed by atoms with Crippen LogP contribution in [0.2, 0.25) is 0 Å². The first-order chi connectivity index (χ1) is 8.74. The molecule has 0 aliphatic heterocycles. The molecule has 1 aromatic carbocycles. The van der Waals surface area contributed by atoms with Gasteiger partial charge in [0.25, 0.3) is 0 Å². The molecule has 0 aliphatic rings. The Labute approximate surface area is 109 Å². The first-order valence-corrected chi connectivity index (χ1v) is 6.42. The number of hydrogen-bond donors (Lipinski definition) is 2. The van der Waals surface area contributed by atoms with Gasteiger partial charge < -0.3 is 9.47 Å². The molecule has 1 atom stereocenters. The normalized spacial score (nSPS) is 12.2. The van der Waals surface area contributed by atoms with E-state index in [1.165, 1.54) is 18.4 Å². The lowest BCUT2D eigenvalue weighted by Crippen LogP contribution is -2.36. The zero-order valence-corrected chi connectivity index (χ0v) is 11.5. The van der Waals surface area contributed by atoms with E-state index in [4.69, 9.17) is 15.3 Å². The zero-order valence-electron chi connectivity index (χ0n) is 11.5. The van der Waals surface area contributed by atoms with Crippen LogP contribution in [0, 0.1) is 0 Å². The van der Waals surface area contributed by atoms with Gasteiger partial charge >= 0.3 is 0 Å². The number of benzene rings is 1. The summed E-state index contributed by atoms with van der Waals surface area (Å²) in [5, 5.41) is 0. The van der Waals surface area contributed by atoms with Crippen molar-refractivity contribution in [1.82, 2.24) is 5.43 Å². The van der Waals surface area contributed by atoms with Gasteiger partial charge in [0.15, 0.2) is 11.5 Å². The van der Waals surface area contributed by atoms with E-state index in [0.29, 0.717) is 6.04 Å². The lowest BCUT2D eigenvalue weighted by atomic mass is 10.0. The van der Waals surface area contributed by atoms with Gasteiger partial charge in [-0.15, -0.1) is 0 Å². The van der Waals surface area contributed by atoms with Gasteiger partial charge in [-0.2, -0.15) is 0 Å². The maximum atomic E-state index is 5.58. The van der Waals surface area contributed by atoms with E-state index >= 15 is 0 Å². The minimum Gasteiger partial charge on any atom is -0.493 e. The molecule has 0 amide bonds. The number of nitrogens with two attached hydrogens (primary N) is 1. The number of hydrazine groups is 1. The maximum absolute atomic E-state index is 5.58. The van der Waals surface area contributed by atoms with Crippen LogP contribution in [0.15, 0.2) is 18.2 Å². The number of unbranched alkanes of at least 4 members (excludes halogenated alkanes) is 1. The third-order valence-corrected chi connectivity index (χ3v) is 3.07. The molecule has 4 nitrogen and oxygen atoms in total. The van der Waals surface area contributed by atoms with Gasteiger partial charge in [-0.05, 0) is 30.5 Å². The highest BCUT2D eigenvalue weighted by atomic mass is 16.5. The van der Waals surface area contributed by atoms with Crippen LogP contribution in [-0.4, -0.2) is 20.3 Å². The molecule has 0 saturated heterocycles. The number of nitrogens with one attached hydrogen (secondary N) is 1. The minimum atomic E-state index is 0.308. The van der Waals surface area contributed by atoms with E-state index in [9.17, 15) is 0 Å².